The number of hydrogen-bond acceptors (Lipinski definition) is 3. The number of carbonyl (C=O) groups is 1. The maximum atomic E-state index is 11.2. The van der Waals surface area contributed by atoms with Crippen LogP contribution in [-0.4, -0.2) is 24.3 Å². The third-order valence-corrected chi connectivity index (χ3v) is 1.88. The highest BCUT2D eigenvalue weighted by Gasteiger charge is 2.33. The van der Waals surface area contributed by atoms with Gasteiger partial charge in [0, 0.05) is 11.1 Å². The molecule has 0 spiro atoms. The van der Waals surface area contributed by atoms with Gasteiger partial charge in [-0.15, -0.1) is 0 Å². The molecule has 0 saturated heterocycles. The van der Waals surface area contributed by atoms with E-state index in [1.165, 1.54) is 0 Å². The largest absolute Gasteiger partial charge is 0.458 e. The van der Waals surface area contributed by atoms with Crippen molar-refractivity contribution in [3.8, 4) is 0 Å². The van der Waals surface area contributed by atoms with Gasteiger partial charge in [-0.25, -0.2) is 4.79 Å². The number of aliphatic hydroxyl groups is 1. The summed E-state index contributed by atoms with van der Waals surface area (Å²) in [4.78, 5) is 11.2. The van der Waals surface area contributed by atoms with E-state index in [-0.39, 0.29) is 24.6 Å². The number of hydrogen-bond donors (Lipinski definition) is 1. The van der Waals surface area contributed by atoms with Crippen molar-refractivity contribution in [3.63, 3.8) is 0 Å². The lowest BCUT2D eigenvalue weighted by Crippen LogP contribution is -2.16. The van der Waals surface area contributed by atoms with Gasteiger partial charge in [0.15, 0.2) is 0 Å². The Morgan fingerprint density at radius 3 is 2.42 bits per heavy atom. The summed E-state index contributed by atoms with van der Waals surface area (Å²) in [5.74, 6) is -0.286. The molecule has 0 aliphatic carbocycles. The van der Waals surface area contributed by atoms with Crippen molar-refractivity contribution in [2.75, 3.05) is 13.2 Å². The van der Waals surface area contributed by atoms with Crippen LogP contribution in [0.3, 0.4) is 0 Å². The van der Waals surface area contributed by atoms with Gasteiger partial charge in [-0.1, -0.05) is 20.8 Å². The van der Waals surface area contributed by atoms with Crippen LogP contribution in [0.4, 0.5) is 0 Å². The fourth-order valence-corrected chi connectivity index (χ4v) is 1.40. The molecule has 0 unspecified atom stereocenters. The fraction of sp³-hybridized carbons (Fsp3) is 0.667. The van der Waals surface area contributed by atoms with Crippen molar-refractivity contribution in [1.29, 1.82) is 0 Å². The summed E-state index contributed by atoms with van der Waals surface area (Å²) in [6.07, 6.45) is 0. The molecule has 1 heterocycles. The first-order valence-electron chi connectivity index (χ1n) is 3.97. The number of esters is 1. The maximum absolute atomic E-state index is 11.2. The Bertz CT molecular complexity index is 233. The molecule has 1 aliphatic heterocycles. The van der Waals surface area contributed by atoms with Crippen molar-refractivity contribution in [2.45, 2.75) is 20.8 Å². The fourth-order valence-electron chi connectivity index (χ4n) is 1.40. The van der Waals surface area contributed by atoms with Crippen LogP contribution in [0.2, 0.25) is 0 Å². The quantitative estimate of drug-likeness (QED) is 0.594. The van der Waals surface area contributed by atoms with Crippen LogP contribution in [0.25, 0.3) is 0 Å². The molecule has 3 heteroatoms. The third kappa shape index (κ3) is 1.50. The zero-order chi connectivity index (χ0) is 9.35. The van der Waals surface area contributed by atoms with Crippen molar-refractivity contribution < 1.29 is 14.6 Å². The predicted molar refractivity (Wildman–Crippen MR) is 44.5 cm³/mol. The van der Waals surface area contributed by atoms with E-state index in [0.717, 1.165) is 0 Å². The van der Waals surface area contributed by atoms with Crippen LogP contribution < -0.4 is 0 Å². The van der Waals surface area contributed by atoms with Gasteiger partial charge >= 0.3 is 5.97 Å². The van der Waals surface area contributed by atoms with Crippen LogP contribution in [-0.2, 0) is 9.53 Å². The maximum Gasteiger partial charge on any atom is 0.335 e. The predicted octanol–water partition coefficient (Wildman–Crippen LogP) is 0.878. The summed E-state index contributed by atoms with van der Waals surface area (Å²) in [5, 5.41) is 8.93. The van der Waals surface area contributed by atoms with E-state index in [2.05, 4.69) is 0 Å². The first-order chi connectivity index (χ1) is 5.46. The van der Waals surface area contributed by atoms with E-state index in [0.29, 0.717) is 11.1 Å². The first kappa shape index (κ1) is 9.26. The highest BCUT2D eigenvalue weighted by atomic mass is 16.5. The highest BCUT2D eigenvalue weighted by Crippen LogP contribution is 2.32. The van der Waals surface area contributed by atoms with Gasteiger partial charge in [0.25, 0.3) is 0 Å². The molecule has 0 radical (unpaired) electrons. The number of cyclic esters (lactones) is 1. The van der Waals surface area contributed by atoms with E-state index >= 15 is 0 Å². The SMILES string of the molecule is CC(C)(C)C1=C(CO)COC1=O. The minimum atomic E-state index is -0.286. The lowest BCUT2D eigenvalue weighted by atomic mass is 9.84. The number of rotatable bonds is 1. The van der Waals surface area contributed by atoms with Crippen LogP contribution in [0.15, 0.2) is 11.1 Å². The lowest BCUT2D eigenvalue weighted by molar-refractivity contribution is -0.136. The topological polar surface area (TPSA) is 46.5 Å². The molecule has 3 nitrogen and oxygen atoms in total. The third-order valence-electron chi connectivity index (χ3n) is 1.88. The summed E-state index contributed by atoms with van der Waals surface area (Å²) < 4.78 is 4.82. The molecule has 0 aromatic carbocycles. The van der Waals surface area contributed by atoms with E-state index in [1.54, 1.807) is 0 Å². The standard InChI is InChI=1S/C9H14O3/c1-9(2,3)7-6(4-10)5-12-8(7)11/h10H,4-5H2,1-3H3. The zero-order valence-electron chi connectivity index (χ0n) is 7.68. The van der Waals surface area contributed by atoms with Crippen molar-refractivity contribution >= 4 is 5.97 Å². The number of ether oxygens (including phenoxy) is 1. The number of aliphatic hydroxyl groups excluding tert-OH is 1. The van der Waals surface area contributed by atoms with E-state index in [4.69, 9.17) is 9.84 Å². The first-order valence-corrected chi connectivity index (χ1v) is 3.97. The summed E-state index contributed by atoms with van der Waals surface area (Å²) in [6, 6.07) is 0. The van der Waals surface area contributed by atoms with Crippen LogP contribution in [0.5, 0.6) is 0 Å². The summed E-state index contributed by atoms with van der Waals surface area (Å²) >= 11 is 0. The average Bonchev–Trinajstić information content (AvgIpc) is 2.29. The Morgan fingerprint density at radius 1 is 1.50 bits per heavy atom. The van der Waals surface area contributed by atoms with Gasteiger partial charge < -0.3 is 9.84 Å². The second-order valence-electron chi connectivity index (χ2n) is 3.96. The normalized spacial score (nSPS) is 18.5. The van der Waals surface area contributed by atoms with Crippen molar-refractivity contribution in [2.24, 2.45) is 5.41 Å². The second-order valence-corrected chi connectivity index (χ2v) is 3.96. The molecule has 0 aromatic rings. The molecule has 1 N–H and O–H groups in total. The molecule has 1 rings (SSSR count). The number of carbonyl (C=O) groups excluding carboxylic acids is 1. The summed E-state index contributed by atoms with van der Waals surface area (Å²) in [7, 11) is 0. The van der Waals surface area contributed by atoms with Gasteiger partial charge in [0.2, 0.25) is 0 Å². The molecule has 0 saturated carbocycles. The average molecular weight is 170 g/mol. The monoisotopic (exact) mass is 170 g/mol. The van der Waals surface area contributed by atoms with E-state index < -0.39 is 0 Å². The Kier molecular flexibility index (Phi) is 2.24. The minimum Gasteiger partial charge on any atom is -0.458 e. The van der Waals surface area contributed by atoms with Crippen LogP contribution in [0, 0.1) is 5.41 Å². The summed E-state index contributed by atoms with van der Waals surface area (Å²) in [5.41, 5.74) is 1.11. The lowest BCUT2D eigenvalue weighted by Gasteiger charge is -2.18. The molecule has 1 aliphatic rings. The molecule has 0 atom stereocenters. The Labute approximate surface area is 72.0 Å². The summed E-state index contributed by atoms with van der Waals surface area (Å²) in [6.45, 7) is 5.97. The molecule has 0 aromatic heterocycles. The smallest absolute Gasteiger partial charge is 0.335 e. The van der Waals surface area contributed by atoms with E-state index in [1.807, 2.05) is 20.8 Å². The van der Waals surface area contributed by atoms with Gasteiger partial charge in [0.1, 0.15) is 6.61 Å². The Balaban J connectivity index is 3.04. The van der Waals surface area contributed by atoms with Gasteiger partial charge in [-0.2, -0.15) is 0 Å². The zero-order valence-corrected chi connectivity index (χ0v) is 7.68. The second kappa shape index (κ2) is 2.90. The van der Waals surface area contributed by atoms with Crippen LogP contribution >= 0.6 is 0 Å². The van der Waals surface area contributed by atoms with Crippen LogP contribution in [0.1, 0.15) is 20.8 Å². The highest BCUT2D eigenvalue weighted by molar-refractivity contribution is 5.93. The molecule has 68 valence electrons. The molecule has 0 amide bonds. The van der Waals surface area contributed by atoms with E-state index in [9.17, 15) is 4.79 Å². The van der Waals surface area contributed by atoms with Crippen molar-refractivity contribution in [3.05, 3.63) is 11.1 Å². The Morgan fingerprint density at radius 2 is 2.08 bits per heavy atom. The molecule has 0 bridgehead atoms. The molecular weight excluding hydrogens is 156 g/mol. The molecule has 12 heavy (non-hydrogen) atoms. The Hall–Kier alpha value is -0.830. The minimum absolute atomic E-state index is 0.0850. The van der Waals surface area contributed by atoms with Gasteiger partial charge in [-0.3, -0.25) is 0 Å². The molecule has 0 fully saturated rings. The van der Waals surface area contributed by atoms with Gasteiger partial charge in [0.05, 0.1) is 6.61 Å². The van der Waals surface area contributed by atoms with Gasteiger partial charge in [-0.05, 0) is 5.41 Å². The molecular formula is C9H14O3. The van der Waals surface area contributed by atoms with Crippen molar-refractivity contribution in [1.82, 2.24) is 0 Å².